The molecule has 208 valence electrons. The van der Waals surface area contributed by atoms with Gasteiger partial charge in [-0.2, -0.15) is 0 Å². The summed E-state index contributed by atoms with van der Waals surface area (Å²) in [5, 5.41) is 0. The molecular weight excluding hydrogens is 432 g/mol. The number of rotatable bonds is 26. The summed E-state index contributed by atoms with van der Waals surface area (Å²) in [6.07, 6.45) is 35.3. The highest BCUT2D eigenvalue weighted by atomic mass is 16.7. The Morgan fingerprint density at radius 3 is 1.26 bits per heavy atom. The van der Waals surface area contributed by atoms with Gasteiger partial charge >= 0.3 is 1.43 Å². The van der Waals surface area contributed by atoms with Crippen molar-refractivity contribution in [2.75, 3.05) is 13.2 Å². The van der Waals surface area contributed by atoms with Crippen LogP contribution in [0.15, 0.2) is 24.3 Å². The summed E-state index contributed by atoms with van der Waals surface area (Å²) < 4.78 is 11.1. The second-order valence-corrected chi connectivity index (χ2v) is 9.37. The first kappa shape index (κ1) is 36.2. The van der Waals surface area contributed by atoms with Gasteiger partial charge in [0.25, 0.3) is 0 Å². The molecule has 0 spiro atoms. The van der Waals surface area contributed by atoms with Crippen molar-refractivity contribution in [2.24, 2.45) is 0 Å². The Morgan fingerprint density at radius 1 is 0.514 bits per heavy atom. The van der Waals surface area contributed by atoms with E-state index in [1.54, 1.807) is 0 Å². The Hall–Kier alpha value is -0.930. The molecule has 0 atom stereocenters. The van der Waals surface area contributed by atoms with Crippen LogP contribution in [0.1, 0.15) is 158 Å². The third-order valence-corrected chi connectivity index (χ3v) is 6.01. The third kappa shape index (κ3) is 35.3. The molecule has 0 rings (SSSR count). The van der Waals surface area contributed by atoms with Crippen LogP contribution in [0.3, 0.4) is 0 Å². The van der Waals surface area contributed by atoms with Crippen molar-refractivity contribution in [3.63, 3.8) is 0 Å². The van der Waals surface area contributed by atoms with Crippen LogP contribution in [0.4, 0.5) is 0 Å². The van der Waals surface area contributed by atoms with E-state index < -0.39 is 0 Å². The predicted octanol–water partition coefficient (Wildman–Crippen LogP) is 10.6. The average molecular weight is 496 g/mol. The summed E-state index contributed by atoms with van der Waals surface area (Å²) >= 11 is 0. The molecule has 0 amide bonds. The second kappa shape index (κ2) is 35.2. The zero-order valence-electron chi connectivity index (χ0n) is 25.2. The van der Waals surface area contributed by atoms with Crippen LogP contribution in [0.2, 0.25) is 0 Å². The van der Waals surface area contributed by atoms with E-state index in [0.29, 0.717) is 0 Å². The number of allylic oxidation sites excluding steroid dienone is 4. The maximum absolute atomic E-state index is 10.1. The number of carbonyl (C=O) groups is 1. The van der Waals surface area contributed by atoms with Crippen LogP contribution in [0.5, 0.6) is 0 Å². The zero-order valence-corrected chi connectivity index (χ0v) is 24.2. The number of hydrogen-bond acceptors (Lipinski definition) is 3. The lowest BCUT2D eigenvalue weighted by molar-refractivity contribution is -0.140. The van der Waals surface area contributed by atoms with E-state index in [-0.39, 0.29) is 7.72 Å². The summed E-state index contributed by atoms with van der Waals surface area (Å²) in [4.78, 5) is 10.1. The molecule has 0 aliphatic heterocycles. The average Bonchev–Trinajstić information content (AvgIpc) is 2.86. The molecule has 0 saturated heterocycles. The molecule has 3 heteroatoms. The predicted molar refractivity (Wildman–Crippen MR) is 156 cm³/mol. The monoisotopic (exact) mass is 495 g/mol. The fourth-order valence-electron chi connectivity index (χ4n) is 3.99. The van der Waals surface area contributed by atoms with Gasteiger partial charge in [-0.3, -0.25) is 0 Å². The molecule has 0 saturated carbocycles. The van der Waals surface area contributed by atoms with E-state index in [1.807, 2.05) is 13.8 Å². The van der Waals surface area contributed by atoms with Gasteiger partial charge in [-0.05, 0) is 71.6 Å². The van der Waals surface area contributed by atoms with Gasteiger partial charge in [0.2, 0.25) is 0 Å². The highest BCUT2D eigenvalue weighted by Crippen LogP contribution is 2.13. The van der Waals surface area contributed by atoms with Crippen molar-refractivity contribution in [1.29, 1.82) is 0 Å². The van der Waals surface area contributed by atoms with Gasteiger partial charge in [-0.1, -0.05) is 102 Å². The molecule has 0 heterocycles. The first-order valence-electron chi connectivity index (χ1n) is 15.2. The highest BCUT2D eigenvalue weighted by molar-refractivity contribution is 5.48. The van der Waals surface area contributed by atoms with E-state index in [4.69, 9.17) is 9.47 Å². The van der Waals surface area contributed by atoms with Crippen LogP contribution in [-0.4, -0.2) is 25.8 Å². The van der Waals surface area contributed by atoms with Gasteiger partial charge in [0.05, 0.1) is 0 Å². The first-order valence-corrected chi connectivity index (χ1v) is 15.2. The Balaban J connectivity index is -0.000000612. The minimum atomic E-state index is 0. The van der Waals surface area contributed by atoms with Gasteiger partial charge in [0.15, 0.2) is 6.29 Å². The molecule has 0 fully saturated rings. The van der Waals surface area contributed by atoms with Crippen LogP contribution >= 0.6 is 0 Å². The normalized spacial score (nSPS) is 11.5. The molecule has 0 unspecified atom stereocenters. The quantitative estimate of drug-likeness (QED) is 0.0518. The minimum Gasteiger partial charge on any atom is -0.353 e. The van der Waals surface area contributed by atoms with Gasteiger partial charge in [-0.15, -0.1) is 0 Å². The van der Waals surface area contributed by atoms with Crippen LogP contribution < -0.4 is 0 Å². The number of carbonyl (C=O) groups excluding carboxylic acids is 1. The van der Waals surface area contributed by atoms with Crippen molar-refractivity contribution in [3.05, 3.63) is 24.3 Å². The second-order valence-electron chi connectivity index (χ2n) is 9.37. The number of ether oxygens (including phenoxy) is 2. The molecule has 0 N–H and O–H groups in total. The number of aldehydes is 1. The molecule has 0 aromatic rings. The lowest BCUT2D eigenvalue weighted by Gasteiger charge is -2.16. The molecule has 0 bridgehead atoms. The number of hydrogen-bond donors (Lipinski definition) is 0. The standard InChI is InChI=1S/C18H36O2.C14H26O/c1-4-7-8-9-10-11-12-13-14-15-16-17-18(19-5-2)20-6-3;1-2-3-4-5-6-7-8-9-10-11-12-13-14-15/h7-8,18H,4-6,9-17H2,1-3H3;3-4,14H,2,5-13H2,1H3/p+1/b8-7+;4-3+. The molecular formula is C32H63O3+. The summed E-state index contributed by atoms with van der Waals surface area (Å²) in [7, 11) is 0. The van der Waals surface area contributed by atoms with Crippen molar-refractivity contribution in [2.45, 2.75) is 162 Å². The molecule has 35 heavy (non-hydrogen) atoms. The maximum Gasteiger partial charge on any atom is 1.00 e. The molecule has 0 aliphatic rings. The summed E-state index contributed by atoms with van der Waals surface area (Å²) in [5.74, 6) is 0. The van der Waals surface area contributed by atoms with Crippen molar-refractivity contribution in [3.8, 4) is 0 Å². The Morgan fingerprint density at radius 2 is 0.886 bits per heavy atom. The Labute approximate surface area is 222 Å². The zero-order chi connectivity index (χ0) is 26.1. The van der Waals surface area contributed by atoms with Gasteiger partial charge in [0, 0.05) is 19.6 Å². The smallest absolute Gasteiger partial charge is 0.353 e. The molecule has 0 aliphatic carbocycles. The van der Waals surface area contributed by atoms with E-state index in [1.165, 1.54) is 103 Å². The Kier molecular flexibility index (Phi) is 36.5. The SMILES string of the molecule is CC/C=C/CCCCCCCCCC(OCC)OCC.CC/C=C/CCCCCCCCCC=O.[H+]. The van der Waals surface area contributed by atoms with Gasteiger partial charge in [0.1, 0.15) is 6.29 Å². The molecule has 3 nitrogen and oxygen atoms in total. The van der Waals surface area contributed by atoms with E-state index >= 15 is 0 Å². The fraction of sp³-hybridized carbons (Fsp3) is 0.844. The molecule has 0 radical (unpaired) electrons. The van der Waals surface area contributed by atoms with E-state index in [2.05, 4.69) is 38.2 Å². The minimum absolute atomic E-state index is 0. The van der Waals surface area contributed by atoms with Gasteiger partial charge in [-0.25, -0.2) is 0 Å². The topological polar surface area (TPSA) is 35.5 Å². The largest absolute Gasteiger partial charge is 1.00 e. The molecule has 0 aromatic heterocycles. The first-order chi connectivity index (χ1) is 17.3. The maximum atomic E-state index is 10.1. The summed E-state index contributed by atoms with van der Waals surface area (Å²) in [6, 6.07) is 0. The highest BCUT2D eigenvalue weighted by Gasteiger charge is 2.06. The lowest BCUT2D eigenvalue weighted by Crippen LogP contribution is -2.17. The van der Waals surface area contributed by atoms with Crippen LogP contribution in [-0.2, 0) is 14.3 Å². The van der Waals surface area contributed by atoms with E-state index in [9.17, 15) is 4.79 Å². The van der Waals surface area contributed by atoms with Crippen molar-refractivity contribution in [1.82, 2.24) is 0 Å². The molecule has 0 aromatic carbocycles. The van der Waals surface area contributed by atoms with Crippen LogP contribution in [0, 0.1) is 0 Å². The third-order valence-electron chi connectivity index (χ3n) is 6.01. The van der Waals surface area contributed by atoms with Crippen molar-refractivity contribution < 1.29 is 15.7 Å². The van der Waals surface area contributed by atoms with E-state index in [0.717, 1.165) is 45.2 Å². The van der Waals surface area contributed by atoms with Crippen LogP contribution in [0.25, 0.3) is 0 Å². The number of unbranched alkanes of at least 4 members (excludes halogenated alkanes) is 15. The lowest BCUT2D eigenvalue weighted by atomic mass is 10.1. The van der Waals surface area contributed by atoms with Crippen molar-refractivity contribution >= 4 is 6.29 Å². The summed E-state index contributed by atoms with van der Waals surface area (Å²) in [5.41, 5.74) is 0. The summed E-state index contributed by atoms with van der Waals surface area (Å²) in [6.45, 7) is 9.92. The Bertz CT molecular complexity index is 431. The van der Waals surface area contributed by atoms with Gasteiger partial charge < -0.3 is 14.3 Å². The fourth-order valence-corrected chi connectivity index (χ4v) is 3.99.